The number of pyridine rings is 1. The molecule has 0 N–H and O–H groups in total. The summed E-state index contributed by atoms with van der Waals surface area (Å²) in [5.74, 6) is 0. The van der Waals surface area contributed by atoms with E-state index in [1.54, 1.807) is 11.0 Å². The second kappa shape index (κ2) is 11.0. The maximum atomic E-state index is 5.19. The molecule has 49 heavy (non-hydrogen) atoms. The van der Waals surface area contributed by atoms with Gasteiger partial charge in [0.15, 0.2) is 0 Å². The van der Waals surface area contributed by atoms with Crippen molar-refractivity contribution in [3.63, 3.8) is 0 Å². The number of nitrogens with zero attached hydrogens (tertiary/aromatic N) is 4. The number of benzene rings is 8. The highest BCUT2D eigenvalue weighted by molar-refractivity contribution is 6.17. The van der Waals surface area contributed by atoms with Gasteiger partial charge in [-0.15, -0.1) is 10.2 Å². The van der Waals surface area contributed by atoms with E-state index in [9.17, 15) is 0 Å². The van der Waals surface area contributed by atoms with Crippen molar-refractivity contribution in [1.29, 1.82) is 0 Å². The van der Waals surface area contributed by atoms with E-state index >= 15 is 0 Å². The van der Waals surface area contributed by atoms with Crippen LogP contribution in [0.4, 0.5) is 0 Å². The van der Waals surface area contributed by atoms with Gasteiger partial charge in [-0.05, 0) is 113 Å². The molecule has 0 fully saturated rings. The van der Waals surface area contributed by atoms with Crippen molar-refractivity contribution in [1.82, 2.24) is 20.0 Å². The molecule has 0 aliphatic rings. The van der Waals surface area contributed by atoms with Crippen LogP contribution in [0.25, 0.3) is 93.2 Å². The lowest BCUT2D eigenvalue weighted by Gasteiger charge is -2.14. The van der Waals surface area contributed by atoms with E-state index < -0.39 is 0 Å². The number of hydrogen-bond acceptors (Lipinski definition) is 3. The standard InChI is InChI=1S/C45H28N4/c1-3-13-35-30(10-1)24-41(39-17-7-5-15-37(35)39)33-26-43(42-25-31-11-2-4-14-36(31)38-16-6-8-18-40(38)42)45-44(27-33)47-49(48-45)34-21-19-29(20-22-34)32-12-9-23-46-28-32/h1-28H. The molecule has 4 nitrogen and oxygen atoms in total. The summed E-state index contributed by atoms with van der Waals surface area (Å²) in [5.41, 5.74) is 9.28. The van der Waals surface area contributed by atoms with Crippen LogP contribution < -0.4 is 0 Å². The molecule has 228 valence electrons. The lowest BCUT2D eigenvalue weighted by Crippen LogP contribution is -1.98. The van der Waals surface area contributed by atoms with Gasteiger partial charge in [0, 0.05) is 18.0 Å². The summed E-state index contributed by atoms with van der Waals surface area (Å²) in [5, 5.41) is 20.1. The summed E-state index contributed by atoms with van der Waals surface area (Å²) < 4.78 is 0. The van der Waals surface area contributed by atoms with E-state index in [4.69, 9.17) is 10.2 Å². The van der Waals surface area contributed by atoms with E-state index in [1.165, 1.54) is 48.7 Å². The average Bonchev–Trinajstić information content (AvgIpc) is 3.62. The Kier molecular flexibility index (Phi) is 6.15. The Labute approximate surface area is 282 Å². The van der Waals surface area contributed by atoms with Gasteiger partial charge in [-0.3, -0.25) is 4.98 Å². The van der Waals surface area contributed by atoms with Gasteiger partial charge >= 0.3 is 0 Å². The van der Waals surface area contributed by atoms with Gasteiger partial charge < -0.3 is 0 Å². The third kappa shape index (κ3) is 4.49. The third-order valence-electron chi connectivity index (χ3n) is 9.72. The van der Waals surface area contributed by atoms with Crippen LogP contribution >= 0.6 is 0 Å². The molecule has 0 saturated carbocycles. The van der Waals surface area contributed by atoms with Crippen LogP contribution in [-0.2, 0) is 0 Å². The third-order valence-corrected chi connectivity index (χ3v) is 9.72. The summed E-state index contributed by atoms with van der Waals surface area (Å²) in [6, 6.07) is 56.2. The topological polar surface area (TPSA) is 43.6 Å². The highest BCUT2D eigenvalue weighted by atomic mass is 15.5. The Bertz CT molecular complexity index is 2870. The van der Waals surface area contributed by atoms with Crippen molar-refractivity contribution >= 4 is 54.1 Å². The number of fused-ring (bicyclic) bond motifs is 7. The maximum Gasteiger partial charge on any atom is 0.121 e. The molecule has 0 atom stereocenters. The van der Waals surface area contributed by atoms with E-state index in [2.05, 4.69) is 157 Å². The molecule has 0 radical (unpaired) electrons. The molecular formula is C45H28N4. The Balaban J connectivity index is 1.25. The van der Waals surface area contributed by atoms with Gasteiger partial charge in [-0.1, -0.05) is 115 Å². The normalized spacial score (nSPS) is 11.7. The van der Waals surface area contributed by atoms with Crippen molar-refractivity contribution in [3.05, 3.63) is 170 Å². The zero-order chi connectivity index (χ0) is 32.3. The molecule has 4 heteroatoms. The average molecular weight is 625 g/mol. The molecule has 0 unspecified atom stereocenters. The van der Waals surface area contributed by atoms with Crippen LogP contribution in [0.3, 0.4) is 0 Å². The van der Waals surface area contributed by atoms with E-state index in [-0.39, 0.29) is 0 Å². The maximum absolute atomic E-state index is 5.19. The van der Waals surface area contributed by atoms with Crippen LogP contribution in [0.15, 0.2) is 170 Å². The van der Waals surface area contributed by atoms with Crippen LogP contribution in [0.5, 0.6) is 0 Å². The second-order valence-electron chi connectivity index (χ2n) is 12.6. The molecule has 0 amide bonds. The zero-order valence-corrected chi connectivity index (χ0v) is 26.5. The molecule has 2 heterocycles. The van der Waals surface area contributed by atoms with Gasteiger partial charge in [0.25, 0.3) is 0 Å². The minimum atomic E-state index is 0.846. The molecule has 0 aliphatic heterocycles. The Morgan fingerprint density at radius 2 is 0.980 bits per heavy atom. The minimum Gasteiger partial charge on any atom is -0.264 e. The van der Waals surface area contributed by atoms with Crippen molar-refractivity contribution in [2.75, 3.05) is 0 Å². The zero-order valence-electron chi connectivity index (χ0n) is 26.5. The van der Waals surface area contributed by atoms with Crippen molar-refractivity contribution < 1.29 is 0 Å². The highest BCUT2D eigenvalue weighted by Gasteiger charge is 2.19. The number of hydrogen-bond donors (Lipinski definition) is 0. The van der Waals surface area contributed by atoms with Gasteiger partial charge in [0.1, 0.15) is 11.0 Å². The molecular weight excluding hydrogens is 597 g/mol. The lowest BCUT2D eigenvalue weighted by molar-refractivity contribution is 0.766. The first-order valence-corrected chi connectivity index (χ1v) is 16.5. The van der Waals surface area contributed by atoms with Crippen molar-refractivity contribution in [2.24, 2.45) is 0 Å². The largest absolute Gasteiger partial charge is 0.264 e. The molecule has 10 rings (SSSR count). The van der Waals surface area contributed by atoms with Gasteiger partial charge in [-0.2, -0.15) is 4.80 Å². The summed E-state index contributed by atoms with van der Waals surface area (Å²) in [6.45, 7) is 0. The summed E-state index contributed by atoms with van der Waals surface area (Å²) in [7, 11) is 0. The fraction of sp³-hybridized carbons (Fsp3) is 0. The highest BCUT2D eigenvalue weighted by Crippen LogP contribution is 2.42. The Hall–Kier alpha value is -6.65. The Morgan fingerprint density at radius 3 is 1.63 bits per heavy atom. The number of rotatable bonds is 4. The van der Waals surface area contributed by atoms with Gasteiger partial charge in [0.2, 0.25) is 0 Å². The molecule has 8 aromatic carbocycles. The minimum absolute atomic E-state index is 0.846. The monoisotopic (exact) mass is 624 g/mol. The van der Waals surface area contributed by atoms with Gasteiger partial charge in [-0.25, -0.2) is 0 Å². The van der Waals surface area contributed by atoms with Crippen LogP contribution in [0.2, 0.25) is 0 Å². The summed E-state index contributed by atoms with van der Waals surface area (Å²) >= 11 is 0. The molecule has 10 aromatic rings. The molecule has 0 spiro atoms. The van der Waals surface area contributed by atoms with Crippen LogP contribution in [0.1, 0.15) is 0 Å². The molecule has 0 aliphatic carbocycles. The lowest BCUT2D eigenvalue weighted by atomic mass is 9.89. The second-order valence-corrected chi connectivity index (χ2v) is 12.6. The first kappa shape index (κ1) is 27.5. The number of aromatic nitrogens is 4. The molecule has 2 aromatic heterocycles. The van der Waals surface area contributed by atoms with Crippen LogP contribution in [0, 0.1) is 0 Å². The van der Waals surface area contributed by atoms with Crippen LogP contribution in [-0.4, -0.2) is 20.0 Å². The van der Waals surface area contributed by atoms with Gasteiger partial charge in [0.05, 0.1) is 5.69 Å². The van der Waals surface area contributed by atoms with Crippen molar-refractivity contribution in [3.8, 4) is 39.1 Å². The molecule has 0 saturated heterocycles. The quantitative estimate of drug-likeness (QED) is 0.183. The van der Waals surface area contributed by atoms with E-state index in [0.717, 1.165) is 44.5 Å². The predicted octanol–water partition coefficient (Wildman–Crippen LogP) is 11.4. The smallest absolute Gasteiger partial charge is 0.121 e. The summed E-state index contributed by atoms with van der Waals surface area (Å²) in [4.78, 5) is 6.06. The van der Waals surface area contributed by atoms with Crippen molar-refractivity contribution in [2.45, 2.75) is 0 Å². The fourth-order valence-electron chi connectivity index (χ4n) is 7.39. The first-order valence-electron chi connectivity index (χ1n) is 16.5. The fourth-order valence-corrected chi connectivity index (χ4v) is 7.39. The predicted molar refractivity (Wildman–Crippen MR) is 203 cm³/mol. The molecule has 0 bridgehead atoms. The first-order chi connectivity index (χ1) is 24.3. The SMILES string of the molecule is c1cncc(-c2ccc(-n3nc4cc(-c5cc6ccccc6c6ccccc56)cc(-c5cc6ccccc6c6ccccc56)c4n3)cc2)c1. The summed E-state index contributed by atoms with van der Waals surface area (Å²) in [6.07, 6.45) is 3.68. The van der Waals surface area contributed by atoms with E-state index in [0.29, 0.717) is 0 Å². The van der Waals surface area contributed by atoms with E-state index in [1.807, 2.05) is 12.3 Å². The Morgan fingerprint density at radius 1 is 0.388 bits per heavy atom.